The second-order valence-electron chi connectivity index (χ2n) is 3.48. The largest absolute Gasteiger partial charge is 0.463 e. The van der Waals surface area contributed by atoms with Gasteiger partial charge in [0.2, 0.25) is 0 Å². The van der Waals surface area contributed by atoms with Crippen molar-refractivity contribution in [2.75, 3.05) is 19.8 Å². The molecule has 0 radical (unpaired) electrons. The van der Waals surface area contributed by atoms with Crippen molar-refractivity contribution in [1.29, 1.82) is 0 Å². The first-order chi connectivity index (χ1) is 7.70. The molecule has 0 spiro atoms. The first-order valence-corrected chi connectivity index (χ1v) is 6.42. The summed E-state index contributed by atoms with van der Waals surface area (Å²) in [7, 11) is 0.757. The smallest absolute Gasteiger partial charge is 0.330 e. The highest BCUT2D eigenvalue weighted by Gasteiger charge is 2.02. The molecule has 16 heavy (non-hydrogen) atoms. The molecule has 0 saturated heterocycles. The quantitative estimate of drug-likeness (QED) is 0.258. The summed E-state index contributed by atoms with van der Waals surface area (Å²) in [5, 5.41) is 0. The molecule has 0 aromatic carbocycles. The van der Waals surface area contributed by atoms with Gasteiger partial charge in [-0.05, 0) is 26.7 Å². The lowest BCUT2D eigenvalue weighted by atomic mass is 10.2. The van der Waals surface area contributed by atoms with Gasteiger partial charge >= 0.3 is 5.97 Å². The van der Waals surface area contributed by atoms with Crippen molar-refractivity contribution in [3.63, 3.8) is 0 Å². The van der Waals surface area contributed by atoms with E-state index in [9.17, 15) is 4.79 Å². The van der Waals surface area contributed by atoms with Gasteiger partial charge in [0.25, 0.3) is 0 Å². The minimum atomic E-state index is -0.277. The third-order valence-corrected chi connectivity index (χ3v) is 2.40. The van der Waals surface area contributed by atoms with Gasteiger partial charge in [-0.3, -0.25) is 0 Å². The Kier molecular flexibility index (Phi) is 10.4. The van der Waals surface area contributed by atoms with E-state index in [0.717, 1.165) is 23.3 Å². The Labute approximate surface area is 100 Å². The van der Waals surface area contributed by atoms with Crippen LogP contribution >= 0.6 is 0 Å². The van der Waals surface area contributed by atoms with Crippen molar-refractivity contribution in [3.8, 4) is 0 Å². The van der Waals surface area contributed by atoms with Crippen molar-refractivity contribution in [3.05, 3.63) is 12.2 Å². The maximum atomic E-state index is 10.9. The molecule has 0 amide bonds. The topological polar surface area (TPSA) is 44.8 Å². The van der Waals surface area contributed by atoms with Crippen LogP contribution in [0.2, 0.25) is 0 Å². The summed E-state index contributed by atoms with van der Waals surface area (Å²) in [5.41, 5.74) is 0. The number of hydrogen-bond acceptors (Lipinski definition) is 4. The summed E-state index contributed by atoms with van der Waals surface area (Å²) in [6, 6.07) is 0. The summed E-state index contributed by atoms with van der Waals surface area (Å²) in [5.74, 6) is -0.277. The summed E-state index contributed by atoms with van der Waals surface area (Å²) in [6.45, 7) is 5.57. The Morgan fingerprint density at radius 1 is 1.38 bits per heavy atom. The average Bonchev–Trinajstić information content (AvgIpc) is 2.25. The van der Waals surface area contributed by atoms with Crippen molar-refractivity contribution in [2.45, 2.75) is 32.8 Å². The van der Waals surface area contributed by atoms with E-state index in [4.69, 9.17) is 13.9 Å². The molecule has 94 valence electrons. The van der Waals surface area contributed by atoms with Crippen molar-refractivity contribution < 1.29 is 18.7 Å². The minimum absolute atomic E-state index is 0.192. The molecule has 4 nitrogen and oxygen atoms in total. The molecule has 0 rings (SSSR count). The predicted molar refractivity (Wildman–Crippen MR) is 66.3 cm³/mol. The van der Waals surface area contributed by atoms with Gasteiger partial charge in [-0.1, -0.05) is 6.08 Å². The molecule has 1 unspecified atom stereocenters. The van der Waals surface area contributed by atoms with Crippen molar-refractivity contribution in [2.24, 2.45) is 0 Å². The molecule has 0 aliphatic carbocycles. The fraction of sp³-hybridized carbons (Fsp3) is 0.727. The first kappa shape index (κ1) is 15.3. The van der Waals surface area contributed by atoms with Crippen LogP contribution in [0.25, 0.3) is 0 Å². The van der Waals surface area contributed by atoms with Gasteiger partial charge in [0.15, 0.2) is 0 Å². The number of hydrogen-bond donors (Lipinski definition) is 0. The fourth-order valence-corrected chi connectivity index (χ4v) is 1.31. The summed E-state index contributed by atoms with van der Waals surface area (Å²) >= 11 is 0. The van der Waals surface area contributed by atoms with Crippen LogP contribution in [0.3, 0.4) is 0 Å². The van der Waals surface area contributed by atoms with E-state index in [2.05, 4.69) is 0 Å². The molecule has 0 aromatic rings. The molecular weight excluding hydrogens is 224 g/mol. The second kappa shape index (κ2) is 10.9. The van der Waals surface area contributed by atoms with Gasteiger partial charge < -0.3 is 13.9 Å². The standard InChI is InChI=1S/C11H22O4Si/c1-3-5-11(12)14-7-4-6-10(2)13-8-9-15-16/h3,5,10H,4,6-9H2,1-2,16H3. The number of esters is 1. The zero-order chi connectivity index (χ0) is 12.2. The maximum Gasteiger partial charge on any atom is 0.330 e. The van der Waals surface area contributed by atoms with Crippen LogP contribution in [0.15, 0.2) is 12.2 Å². The highest BCUT2D eigenvalue weighted by Crippen LogP contribution is 2.01. The van der Waals surface area contributed by atoms with E-state index < -0.39 is 0 Å². The lowest BCUT2D eigenvalue weighted by Gasteiger charge is -2.12. The summed E-state index contributed by atoms with van der Waals surface area (Å²) in [6.07, 6.45) is 5.00. The molecule has 0 aromatic heterocycles. The number of ether oxygens (including phenoxy) is 2. The molecule has 0 N–H and O–H groups in total. The Morgan fingerprint density at radius 2 is 2.12 bits per heavy atom. The van der Waals surface area contributed by atoms with Gasteiger partial charge in [-0.2, -0.15) is 0 Å². The van der Waals surface area contributed by atoms with E-state index >= 15 is 0 Å². The zero-order valence-electron chi connectivity index (χ0n) is 10.4. The molecule has 0 bridgehead atoms. The molecule has 0 aliphatic rings. The SMILES string of the molecule is CC=CC(=O)OCCCC(C)OCCO[SiH3]. The van der Waals surface area contributed by atoms with E-state index in [1.165, 1.54) is 6.08 Å². The van der Waals surface area contributed by atoms with Crippen LogP contribution < -0.4 is 0 Å². The van der Waals surface area contributed by atoms with Crippen LogP contribution in [0.4, 0.5) is 0 Å². The molecule has 0 fully saturated rings. The Hall–Kier alpha value is -0.653. The Balaban J connectivity index is 3.33. The highest BCUT2D eigenvalue weighted by molar-refractivity contribution is 5.97. The van der Waals surface area contributed by atoms with Gasteiger partial charge in [0.05, 0.1) is 25.9 Å². The molecule has 5 heteroatoms. The normalized spacial score (nSPS) is 13.1. The predicted octanol–water partition coefficient (Wildman–Crippen LogP) is 0.588. The van der Waals surface area contributed by atoms with Crippen LogP contribution in [0, 0.1) is 0 Å². The van der Waals surface area contributed by atoms with Crippen LogP contribution in [0.5, 0.6) is 0 Å². The van der Waals surface area contributed by atoms with Crippen LogP contribution in [0.1, 0.15) is 26.7 Å². The minimum Gasteiger partial charge on any atom is -0.463 e. The number of carbonyl (C=O) groups excluding carboxylic acids is 1. The van der Waals surface area contributed by atoms with Crippen LogP contribution in [-0.4, -0.2) is 42.4 Å². The lowest BCUT2D eigenvalue weighted by molar-refractivity contribution is -0.138. The van der Waals surface area contributed by atoms with Gasteiger partial charge in [-0.15, -0.1) is 0 Å². The lowest BCUT2D eigenvalue weighted by Crippen LogP contribution is -2.13. The highest BCUT2D eigenvalue weighted by atomic mass is 28.2. The van der Waals surface area contributed by atoms with E-state index in [1.54, 1.807) is 13.0 Å². The van der Waals surface area contributed by atoms with Crippen molar-refractivity contribution in [1.82, 2.24) is 0 Å². The number of rotatable bonds is 9. The third-order valence-electron chi connectivity index (χ3n) is 1.99. The summed E-state index contributed by atoms with van der Waals surface area (Å²) in [4.78, 5) is 10.9. The van der Waals surface area contributed by atoms with E-state index in [-0.39, 0.29) is 12.1 Å². The van der Waals surface area contributed by atoms with E-state index in [1.807, 2.05) is 6.92 Å². The van der Waals surface area contributed by atoms with Crippen molar-refractivity contribution >= 4 is 16.5 Å². The Bertz CT molecular complexity index is 206. The number of allylic oxidation sites excluding steroid dienone is 1. The molecular formula is C11H22O4Si. The molecule has 0 saturated carbocycles. The Morgan fingerprint density at radius 3 is 2.75 bits per heavy atom. The van der Waals surface area contributed by atoms with Crippen LogP contribution in [-0.2, 0) is 18.7 Å². The fourth-order valence-electron chi connectivity index (χ4n) is 1.14. The number of carbonyl (C=O) groups is 1. The maximum absolute atomic E-state index is 10.9. The molecule has 1 atom stereocenters. The molecule has 0 aliphatic heterocycles. The third kappa shape index (κ3) is 9.89. The summed E-state index contributed by atoms with van der Waals surface area (Å²) < 4.78 is 15.5. The van der Waals surface area contributed by atoms with Gasteiger partial charge in [0.1, 0.15) is 10.5 Å². The second-order valence-corrected chi connectivity index (χ2v) is 4.06. The zero-order valence-corrected chi connectivity index (χ0v) is 12.4. The molecule has 0 heterocycles. The van der Waals surface area contributed by atoms with E-state index in [0.29, 0.717) is 19.8 Å². The first-order valence-electron chi connectivity index (χ1n) is 5.60. The average molecular weight is 246 g/mol. The monoisotopic (exact) mass is 246 g/mol. The van der Waals surface area contributed by atoms with Gasteiger partial charge in [0, 0.05) is 6.08 Å². The van der Waals surface area contributed by atoms with Gasteiger partial charge in [-0.25, -0.2) is 4.79 Å².